The van der Waals surface area contributed by atoms with Crippen LogP contribution in [-0.2, 0) is 10.0 Å². The van der Waals surface area contributed by atoms with Crippen LogP contribution in [0.3, 0.4) is 0 Å². The van der Waals surface area contributed by atoms with Crippen molar-refractivity contribution >= 4 is 10.0 Å². The maximum atomic E-state index is 12.4. The van der Waals surface area contributed by atoms with Gasteiger partial charge in [-0.15, -0.1) is 0 Å². The van der Waals surface area contributed by atoms with E-state index < -0.39 is 10.0 Å². The Bertz CT molecular complexity index is 379. The number of aliphatic hydroxyl groups is 1. The van der Waals surface area contributed by atoms with Gasteiger partial charge < -0.3 is 10.4 Å². The third-order valence-corrected chi connectivity index (χ3v) is 6.54. The predicted molar refractivity (Wildman–Crippen MR) is 75.4 cm³/mol. The quantitative estimate of drug-likeness (QED) is 0.769. The SMILES string of the molecule is CC1CCN(S(=O)(=O)CCC2CCNCC2)C1CO. The normalized spacial score (nSPS) is 30.8. The second-order valence-electron chi connectivity index (χ2n) is 5.92. The molecule has 2 unspecified atom stereocenters. The zero-order valence-electron chi connectivity index (χ0n) is 11.7. The molecule has 2 fully saturated rings. The molecule has 0 radical (unpaired) electrons. The molecule has 0 amide bonds. The van der Waals surface area contributed by atoms with E-state index in [4.69, 9.17) is 0 Å². The Labute approximate surface area is 116 Å². The van der Waals surface area contributed by atoms with Crippen molar-refractivity contribution < 1.29 is 13.5 Å². The number of hydrogen-bond donors (Lipinski definition) is 2. The Morgan fingerprint density at radius 1 is 1.26 bits per heavy atom. The van der Waals surface area contributed by atoms with E-state index in [9.17, 15) is 13.5 Å². The van der Waals surface area contributed by atoms with Gasteiger partial charge in [0.05, 0.1) is 18.4 Å². The minimum absolute atomic E-state index is 0.0618. The van der Waals surface area contributed by atoms with Gasteiger partial charge >= 0.3 is 0 Å². The molecule has 2 N–H and O–H groups in total. The lowest BCUT2D eigenvalue weighted by molar-refractivity contribution is 0.191. The van der Waals surface area contributed by atoms with E-state index in [0.29, 0.717) is 12.5 Å². The lowest BCUT2D eigenvalue weighted by Gasteiger charge is -2.27. The molecule has 0 spiro atoms. The fourth-order valence-electron chi connectivity index (χ4n) is 3.19. The largest absolute Gasteiger partial charge is 0.395 e. The molecule has 0 aromatic rings. The molecule has 0 aromatic carbocycles. The van der Waals surface area contributed by atoms with Crippen LogP contribution in [0.25, 0.3) is 0 Å². The molecule has 19 heavy (non-hydrogen) atoms. The summed E-state index contributed by atoms with van der Waals surface area (Å²) < 4.78 is 26.3. The van der Waals surface area contributed by atoms with Crippen molar-refractivity contribution in [3.63, 3.8) is 0 Å². The van der Waals surface area contributed by atoms with Gasteiger partial charge in [0.2, 0.25) is 10.0 Å². The lowest BCUT2D eigenvalue weighted by Crippen LogP contribution is -2.41. The highest BCUT2D eigenvalue weighted by atomic mass is 32.2. The highest BCUT2D eigenvalue weighted by Crippen LogP contribution is 2.27. The van der Waals surface area contributed by atoms with Crippen LogP contribution in [0.15, 0.2) is 0 Å². The standard InChI is InChI=1S/C13H26N2O3S/c1-11-4-8-15(13(11)10-16)19(17,18)9-5-12-2-6-14-7-3-12/h11-14,16H,2-10H2,1H3. The zero-order chi connectivity index (χ0) is 13.9. The van der Waals surface area contributed by atoms with E-state index in [2.05, 4.69) is 5.32 Å². The van der Waals surface area contributed by atoms with E-state index in [-0.39, 0.29) is 24.3 Å². The van der Waals surface area contributed by atoms with Crippen LogP contribution in [0.4, 0.5) is 0 Å². The molecule has 2 atom stereocenters. The number of hydrogen-bond acceptors (Lipinski definition) is 4. The molecule has 2 aliphatic rings. The van der Waals surface area contributed by atoms with E-state index in [1.807, 2.05) is 6.92 Å². The van der Waals surface area contributed by atoms with Crippen molar-refractivity contribution in [1.82, 2.24) is 9.62 Å². The Morgan fingerprint density at radius 3 is 2.58 bits per heavy atom. The fourth-order valence-corrected chi connectivity index (χ4v) is 5.13. The van der Waals surface area contributed by atoms with Crippen LogP contribution >= 0.6 is 0 Å². The number of piperidine rings is 1. The third-order valence-electron chi connectivity index (χ3n) is 4.62. The van der Waals surface area contributed by atoms with Crippen LogP contribution in [-0.4, -0.2) is 55.9 Å². The molecule has 2 rings (SSSR count). The average Bonchev–Trinajstić information content (AvgIpc) is 2.79. The molecule has 6 heteroatoms. The summed E-state index contributed by atoms with van der Waals surface area (Å²) in [5.74, 6) is 1.03. The predicted octanol–water partition coefficient (Wildman–Crippen LogP) is 0.409. The van der Waals surface area contributed by atoms with Crippen molar-refractivity contribution in [3.8, 4) is 0 Å². The highest BCUT2D eigenvalue weighted by molar-refractivity contribution is 7.89. The third kappa shape index (κ3) is 3.68. The summed E-state index contributed by atoms with van der Waals surface area (Å²) >= 11 is 0. The number of rotatable bonds is 5. The van der Waals surface area contributed by atoms with Gasteiger partial charge in [0.1, 0.15) is 0 Å². The maximum absolute atomic E-state index is 12.4. The monoisotopic (exact) mass is 290 g/mol. The van der Waals surface area contributed by atoms with E-state index in [0.717, 1.165) is 38.8 Å². The molecule has 112 valence electrons. The summed E-state index contributed by atoms with van der Waals surface area (Å²) in [7, 11) is -3.20. The van der Waals surface area contributed by atoms with Gasteiger partial charge in [-0.1, -0.05) is 6.92 Å². The molecule has 2 aliphatic heterocycles. The summed E-state index contributed by atoms with van der Waals surface area (Å²) in [6.07, 6.45) is 3.77. The van der Waals surface area contributed by atoms with Crippen LogP contribution in [0, 0.1) is 11.8 Å². The highest BCUT2D eigenvalue weighted by Gasteiger charge is 2.38. The Hall–Kier alpha value is -0.170. The summed E-state index contributed by atoms with van der Waals surface area (Å²) in [5, 5.41) is 12.7. The summed E-state index contributed by atoms with van der Waals surface area (Å²) in [4.78, 5) is 0. The van der Waals surface area contributed by atoms with Crippen molar-refractivity contribution in [2.24, 2.45) is 11.8 Å². The Balaban J connectivity index is 1.90. The van der Waals surface area contributed by atoms with E-state index in [1.165, 1.54) is 0 Å². The number of aliphatic hydroxyl groups excluding tert-OH is 1. The van der Waals surface area contributed by atoms with Gasteiger partial charge in [-0.3, -0.25) is 0 Å². The topological polar surface area (TPSA) is 69.6 Å². The number of nitrogens with one attached hydrogen (secondary N) is 1. The second-order valence-corrected chi connectivity index (χ2v) is 7.97. The zero-order valence-corrected chi connectivity index (χ0v) is 12.5. The first-order chi connectivity index (χ1) is 9.04. The molecule has 5 nitrogen and oxygen atoms in total. The van der Waals surface area contributed by atoms with Crippen molar-refractivity contribution in [3.05, 3.63) is 0 Å². The Kier molecular flexibility index (Phi) is 5.22. The summed E-state index contributed by atoms with van der Waals surface area (Å²) in [6.45, 7) is 4.54. The molecule has 2 heterocycles. The molecule has 0 saturated carbocycles. The first-order valence-electron chi connectivity index (χ1n) is 7.35. The first kappa shape index (κ1) is 15.2. The van der Waals surface area contributed by atoms with Crippen LogP contribution < -0.4 is 5.32 Å². The van der Waals surface area contributed by atoms with Gasteiger partial charge in [0, 0.05) is 6.54 Å². The second kappa shape index (κ2) is 6.52. The van der Waals surface area contributed by atoms with Gasteiger partial charge in [-0.25, -0.2) is 8.42 Å². The fraction of sp³-hybridized carbons (Fsp3) is 1.00. The van der Waals surface area contributed by atoms with Crippen LogP contribution in [0.1, 0.15) is 32.6 Å². The van der Waals surface area contributed by atoms with Crippen molar-refractivity contribution in [2.45, 2.75) is 38.6 Å². The molecule has 0 bridgehead atoms. The van der Waals surface area contributed by atoms with Gasteiger partial charge in [0.25, 0.3) is 0 Å². The minimum Gasteiger partial charge on any atom is -0.395 e. The minimum atomic E-state index is -3.20. The summed E-state index contributed by atoms with van der Waals surface area (Å²) in [5.41, 5.74) is 0. The van der Waals surface area contributed by atoms with Crippen LogP contribution in [0.2, 0.25) is 0 Å². The average molecular weight is 290 g/mol. The number of sulfonamides is 1. The van der Waals surface area contributed by atoms with E-state index >= 15 is 0 Å². The van der Waals surface area contributed by atoms with Gasteiger partial charge in [0.15, 0.2) is 0 Å². The molecule has 0 aliphatic carbocycles. The molecule has 2 saturated heterocycles. The Morgan fingerprint density at radius 2 is 1.95 bits per heavy atom. The smallest absolute Gasteiger partial charge is 0.214 e. The number of nitrogens with zero attached hydrogens (tertiary/aromatic N) is 1. The molecular formula is C13H26N2O3S. The van der Waals surface area contributed by atoms with Crippen molar-refractivity contribution in [1.29, 1.82) is 0 Å². The lowest BCUT2D eigenvalue weighted by atomic mass is 9.96. The van der Waals surface area contributed by atoms with Crippen LogP contribution in [0.5, 0.6) is 0 Å². The maximum Gasteiger partial charge on any atom is 0.214 e. The first-order valence-corrected chi connectivity index (χ1v) is 8.96. The van der Waals surface area contributed by atoms with E-state index in [1.54, 1.807) is 4.31 Å². The summed E-state index contributed by atoms with van der Waals surface area (Å²) in [6, 6.07) is -0.210. The van der Waals surface area contributed by atoms with Gasteiger partial charge in [-0.2, -0.15) is 4.31 Å². The van der Waals surface area contributed by atoms with Crippen molar-refractivity contribution in [2.75, 3.05) is 32.0 Å². The molecule has 0 aromatic heterocycles. The molecular weight excluding hydrogens is 264 g/mol. The van der Waals surface area contributed by atoms with Gasteiger partial charge in [-0.05, 0) is 50.6 Å².